The zero-order valence-electron chi connectivity index (χ0n) is 11.7. The fourth-order valence-electron chi connectivity index (χ4n) is 1.47. The standard InChI is InChI=1S/C13H20N2O4S/c1-3-4-9-14-13(16)10-15-20(17,18)12-7-5-11(19-2)6-8-12/h5-8,15H,3-4,9-10H2,1-2H3,(H,14,16). The highest BCUT2D eigenvalue weighted by Gasteiger charge is 2.15. The Hall–Kier alpha value is -1.60. The van der Waals surface area contributed by atoms with Crippen molar-refractivity contribution in [1.29, 1.82) is 0 Å². The summed E-state index contributed by atoms with van der Waals surface area (Å²) in [5.41, 5.74) is 0. The SMILES string of the molecule is CCCCNC(=O)CNS(=O)(=O)c1ccc(OC)cc1. The van der Waals surface area contributed by atoms with E-state index in [4.69, 9.17) is 4.74 Å². The number of hydrogen-bond acceptors (Lipinski definition) is 4. The summed E-state index contributed by atoms with van der Waals surface area (Å²) in [5, 5.41) is 2.64. The van der Waals surface area contributed by atoms with E-state index < -0.39 is 10.0 Å². The van der Waals surface area contributed by atoms with Crippen LogP contribution in [-0.2, 0) is 14.8 Å². The molecule has 6 nitrogen and oxygen atoms in total. The van der Waals surface area contributed by atoms with Gasteiger partial charge in [-0.3, -0.25) is 4.79 Å². The zero-order valence-corrected chi connectivity index (χ0v) is 12.5. The van der Waals surface area contributed by atoms with Crippen LogP contribution in [0.15, 0.2) is 29.2 Å². The number of methoxy groups -OCH3 is 1. The van der Waals surface area contributed by atoms with Gasteiger partial charge in [0.15, 0.2) is 0 Å². The molecule has 0 saturated heterocycles. The van der Waals surface area contributed by atoms with E-state index in [9.17, 15) is 13.2 Å². The molecule has 0 aliphatic carbocycles. The molecule has 1 aromatic rings. The molecule has 0 unspecified atom stereocenters. The van der Waals surface area contributed by atoms with Crippen molar-refractivity contribution >= 4 is 15.9 Å². The van der Waals surface area contributed by atoms with Gasteiger partial charge in [0.1, 0.15) is 5.75 Å². The van der Waals surface area contributed by atoms with Crippen molar-refractivity contribution in [1.82, 2.24) is 10.0 Å². The first-order valence-corrected chi connectivity index (χ1v) is 7.88. The van der Waals surface area contributed by atoms with Crippen LogP contribution in [0, 0.1) is 0 Å². The number of amides is 1. The highest BCUT2D eigenvalue weighted by molar-refractivity contribution is 7.89. The first kappa shape index (κ1) is 16.5. The summed E-state index contributed by atoms with van der Waals surface area (Å²) >= 11 is 0. The molecule has 0 saturated carbocycles. The maximum absolute atomic E-state index is 11.9. The van der Waals surface area contributed by atoms with Gasteiger partial charge in [0.25, 0.3) is 0 Å². The highest BCUT2D eigenvalue weighted by atomic mass is 32.2. The number of rotatable bonds is 8. The van der Waals surface area contributed by atoms with Gasteiger partial charge in [-0.2, -0.15) is 0 Å². The van der Waals surface area contributed by atoms with Gasteiger partial charge in [0.2, 0.25) is 15.9 Å². The number of hydrogen-bond donors (Lipinski definition) is 2. The van der Waals surface area contributed by atoms with Crippen LogP contribution < -0.4 is 14.8 Å². The first-order valence-electron chi connectivity index (χ1n) is 6.40. The summed E-state index contributed by atoms with van der Waals surface area (Å²) < 4.78 is 31.1. The van der Waals surface area contributed by atoms with Gasteiger partial charge >= 0.3 is 0 Å². The summed E-state index contributed by atoms with van der Waals surface area (Å²) in [7, 11) is -2.17. The minimum atomic E-state index is -3.68. The fourth-order valence-corrected chi connectivity index (χ4v) is 2.45. The van der Waals surface area contributed by atoms with Crippen molar-refractivity contribution < 1.29 is 17.9 Å². The first-order chi connectivity index (χ1) is 9.49. The molecule has 112 valence electrons. The third kappa shape index (κ3) is 5.18. The van der Waals surface area contributed by atoms with Crippen molar-refractivity contribution in [2.24, 2.45) is 0 Å². The van der Waals surface area contributed by atoms with Crippen LogP contribution in [-0.4, -0.2) is 34.5 Å². The van der Waals surface area contributed by atoms with Gasteiger partial charge in [-0.1, -0.05) is 13.3 Å². The summed E-state index contributed by atoms with van der Waals surface area (Å²) in [6.45, 7) is 2.30. The molecule has 1 amide bonds. The van der Waals surface area contributed by atoms with E-state index in [1.165, 1.54) is 19.2 Å². The summed E-state index contributed by atoms with van der Waals surface area (Å²) in [6, 6.07) is 5.96. The zero-order chi connectivity index (χ0) is 15.0. The Labute approximate surface area is 119 Å². The van der Waals surface area contributed by atoms with Gasteiger partial charge in [-0.15, -0.1) is 0 Å². The van der Waals surface area contributed by atoms with Crippen molar-refractivity contribution in [3.05, 3.63) is 24.3 Å². The Balaban J connectivity index is 2.54. The molecule has 0 radical (unpaired) electrons. The molecule has 7 heteroatoms. The molecule has 2 N–H and O–H groups in total. The maximum Gasteiger partial charge on any atom is 0.241 e. The maximum atomic E-state index is 11.9. The molecule has 0 bridgehead atoms. The fraction of sp³-hybridized carbons (Fsp3) is 0.462. The molecular formula is C13H20N2O4S. The predicted molar refractivity (Wildman–Crippen MR) is 76.1 cm³/mol. The molecule has 0 aliphatic heterocycles. The Kier molecular flexibility index (Phi) is 6.47. The number of carbonyl (C=O) groups excluding carboxylic acids is 1. The van der Waals surface area contributed by atoms with Gasteiger partial charge in [0, 0.05) is 6.54 Å². The van der Waals surface area contributed by atoms with Crippen LogP contribution in [0.25, 0.3) is 0 Å². The Morgan fingerprint density at radius 2 is 1.90 bits per heavy atom. The molecule has 0 aliphatic rings. The van der Waals surface area contributed by atoms with Gasteiger partial charge in [0.05, 0.1) is 18.6 Å². The molecule has 0 fully saturated rings. The van der Waals surface area contributed by atoms with Crippen LogP contribution >= 0.6 is 0 Å². The Bertz CT molecular complexity index is 526. The van der Waals surface area contributed by atoms with Crippen LogP contribution in [0.3, 0.4) is 0 Å². The van der Waals surface area contributed by atoms with Crippen LogP contribution in [0.4, 0.5) is 0 Å². The lowest BCUT2D eigenvalue weighted by atomic mass is 10.3. The van der Waals surface area contributed by atoms with E-state index in [1.54, 1.807) is 12.1 Å². The van der Waals surface area contributed by atoms with Crippen molar-refractivity contribution in [3.8, 4) is 5.75 Å². The Morgan fingerprint density at radius 3 is 2.45 bits per heavy atom. The van der Waals surface area contributed by atoms with E-state index in [-0.39, 0.29) is 17.3 Å². The van der Waals surface area contributed by atoms with Crippen molar-refractivity contribution in [3.63, 3.8) is 0 Å². The van der Waals surface area contributed by atoms with Crippen molar-refractivity contribution in [2.45, 2.75) is 24.7 Å². The molecule has 1 rings (SSSR count). The molecule has 0 heterocycles. The number of unbranched alkanes of at least 4 members (excludes halogenated alkanes) is 1. The minimum Gasteiger partial charge on any atom is -0.497 e. The lowest BCUT2D eigenvalue weighted by molar-refractivity contribution is -0.119. The molecule has 1 aromatic carbocycles. The van der Waals surface area contributed by atoms with Gasteiger partial charge < -0.3 is 10.1 Å². The number of benzene rings is 1. The third-order valence-corrected chi connectivity index (χ3v) is 4.06. The normalized spacial score (nSPS) is 11.1. The second kappa shape index (κ2) is 7.86. The van der Waals surface area contributed by atoms with E-state index in [2.05, 4.69) is 10.0 Å². The monoisotopic (exact) mass is 300 g/mol. The summed E-state index contributed by atoms with van der Waals surface area (Å²) in [6.07, 6.45) is 1.84. The van der Waals surface area contributed by atoms with E-state index in [1.807, 2.05) is 6.92 Å². The lowest BCUT2D eigenvalue weighted by Gasteiger charge is -2.08. The van der Waals surface area contributed by atoms with Crippen molar-refractivity contribution in [2.75, 3.05) is 20.2 Å². The number of nitrogens with one attached hydrogen (secondary N) is 2. The molecule has 0 spiro atoms. The van der Waals surface area contributed by atoms with Crippen LogP contribution in [0.1, 0.15) is 19.8 Å². The van der Waals surface area contributed by atoms with Crippen LogP contribution in [0.2, 0.25) is 0 Å². The average molecular weight is 300 g/mol. The summed E-state index contributed by atoms with van der Waals surface area (Å²) in [5.74, 6) is 0.233. The van der Waals surface area contributed by atoms with Gasteiger partial charge in [-0.05, 0) is 30.7 Å². The second-order valence-corrected chi connectivity index (χ2v) is 5.97. The topological polar surface area (TPSA) is 84.5 Å². The smallest absolute Gasteiger partial charge is 0.241 e. The van der Waals surface area contributed by atoms with E-state index >= 15 is 0 Å². The largest absolute Gasteiger partial charge is 0.497 e. The Morgan fingerprint density at radius 1 is 1.25 bits per heavy atom. The van der Waals surface area contributed by atoms with Crippen LogP contribution in [0.5, 0.6) is 5.75 Å². The molecule has 0 aromatic heterocycles. The average Bonchev–Trinajstić information content (AvgIpc) is 2.45. The number of carbonyl (C=O) groups is 1. The summed E-state index contributed by atoms with van der Waals surface area (Å²) in [4.78, 5) is 11.5. The molecule has 0 atom stereocenters. The van der Waals surface area contributed by atoms with Gasteiger partial charge in [-0.25, -0.2) is 13.1 Å². The quantitative estimate of drug-likeness (QED) is 0.698. The second-order valence-electron chi connectivity index (χ2n) is 4.20. The lowest BCUT2D eigenvalue weighted by Crippen LogP contribution is -2.37. The molecule has 20 heavy (non-hydrogen) atoms. The third-order valence-electron chi connectivity index (χ3n) is 2.64. The number of sulfonamides is 1. The minimum absolute atomic E-state index is 0.0969. The number of ether oxygens (including phenoxy) is 1. The molecular weight excluding hydrogens is 280 g/mol. The van der Waals surface area contributed by atoms with E-state index in [0.29, 0.717) is 12.3 Å². The predicted octanol–water partition coefficient (Wildman–Crippen LogP) is 0.890. The highest BCUT2D eigenvalue weighted by Crippen LogP contribution is 2.14. The van der Waals surface area contributed by atoms with E-state index in [0.717, 1.165) is 12.8 Å².